The first-order valence-electron chi connectivity index (χ1n) is 21.2. The van der Waals surface area contributed by atoms with Gasteiger partial charge in [-0.1, -0.05) is 180 Å². The first-order valence-corrected chi connectivity index (χ1v) is 22.5. The minimum atomic E-state index is -4.41. The highest BCUT2D eigenvalue weighted by Crippen LogP contribution is 2.16. The van der Waals surface area contributed by atoms with Crippen molar-refractivity contribution in [1.29, 1.82) is 0 Å². The molecule has 0 aromatic rings. The Balaban J connectivity index is 0.00000381. The van der Waals surface area contributed by atoms with Crippen LogP contribution in [0.25, 0.3) is 0 Å². The number of unbranched alkanes of at least 4 members (excludes halogenated alkanes) is 26. The largest absolute Gasteiger partial charge is 0.726 e. The molecule has 1 heterocycles. The zero-order valence-electron chi connectivity index (χ0n) is 33.8. The minimum Gasteiger partial charge on any atom is -0.726 e. The van der Waals surface area contributed by atoms with Gasteiger partial charge in [0.2, 0.25) is 22.1 Å². The molecule has 0 aliphatic carbocycles. The molecular weight excluding hydrogens is 659 g/mol. The lowest BCUT2D eigenvalue weighted by atomic mass is 10.0. The van der Waals surface area contributed by atoms with Crippen molar-refractivity contribution in [3.05, 3.63) is 24.3 Å². The monoisotopic (exact) mass is 740 g/mol. The summed E-state index contributed by atoms with van der Waals surface area (Å²) in [4.78, 5) is 17.1. The first kappa shape index (κ1) is 49.5. The second-order valence-corrected chi connectivity index (χ2v) is 16.0. The standard InChI is InChI=1S/C41H77N3O.CH4O4S/c1-4-6-8-10-12-14-16-18-20-22-24-26-28-30-32-34-40-42-36-38-44(40,3)39-37-43-41(45)35-33-31-29-27-25-23-21-19-17-15-13-11-9-7-5-2;1-5-6(2,3)4/h32-35H,4-31,36-39H2,1-3H3;1H3,(H,2,3,4). The van der Waals surface area contributed by atoms with Gasteiger partial charge < -0.3 is 9.87 Å². The number of nitrogens with zero attached hydrogens (tertiary/aromatic N) is 2. The molecule has 1 aliphatic rings. The SMILES string of the molecule is CCCCCCCCCCCCCCCC=CC(=O)NCC[N+]1(C)CCN=C1C=CCCCCCCCCCCCCCCC.COS(=O)(=O)[O-]. The third-order valence-electron chi connectivity index (χ3n) is 10.0. The molecule has 0 saturated heterocycles. The van der Waals surface area contributed by atoms with Gasteiger partial charge in [0.25, 0.3) is 0 Å². The van der Waals surface area contributed by atoms with Gasteiger partial charge in [0.1, 0.15) is 13.1 Å². The summed E-state index contributed by atoms with van der Waals surface area (Å²) in [6.45, 7) is 8.10. The van der Waals surface area contributed by atoms with Gasteiger partial charge in [-0.2, -0.15) is 0 Å². The third-order valence-corrected chi connectivity index (χ3v) is 10.4. The Morgan fingerprint density at radius 1 is 0.706 bits per heavy atom. The van der Waals surface area contributed by atoms with Gasteiger partial charge >= 0.3 is 0 Å². The van der Waals surface area contributed by atoms with Crippen molar-refractivity contribution in [2.24, 2.45) is 4.99 Å². The van der Waals surface area contributed by atoms with E-state index in [4.69, 9.17) is 4.99 Å². The van der Waals surface area contributed by atoms with Gasteiger partial charge in [0.05, 0.1) is 27.2 Å². The minimum absolute atomic E-state index is 0.0481. The quantitative estimate of drug-likeness (QED) is 0.0232. The smallest absolute Gasteiger partial charge is 0.243 e. The highest BCUT2D eigenvalue weighted by molar-refractivity contribution is 7.80. The van der Waals surface area contributed by atoms with Gasteiger partial charge in [0.15, 0.2) is 0 Å². The Morgan fingerprint density at radius 3 is 1.47 bits per heavy atom. The number of rotatable bonds is 34. The maximum Gasteiger partial charge on any atom is 0.243 e. The molecule has 1 N–H and O–H groups in total. The maximum atomic E-state index is 12.3. The summed E-state index contributed by atoms with van der Waals surface area (Å²) in [5, 5.41) is 3.11. The molecule has 0 aromatic carbocycles. The van der Waals surface area contributed by atoms with Crippen LogP contribution in [0.1, 0.15) is 194 Å². The van der Waals surface area contributed by atoms with E-state index < -0.39 is 10.4 Å². The summed E-state index contributed by atoms with van der Waals surface area (Å²) in [7, 11) is -1.34. The van der Waals surface area contributed by atoms with Crippen LogP contribution >= 0.6 is 0 Å². The van der Waals surface area contributed by atoms with Crippen LogP contribution in [0.2, 0.25) is 0 Å². The molecule has 9 heteroatoms. The molecule has 0 saturated carbocycles. The number of carbonyl (C=O) groups excluding carboxylic acids is 1. The molecule has 1 amide bonds. The molecule has 51 heavy (non-hydrogen) atoms. The maximum absolute atomic E-state index is 12.3. The summed E-state index contributed by atoms with van der Waals surface area (Å²) in [6.07, 6.45) is 46.7. The van der Waals surface area contributed by atoms with Gasteiger partial charge in [0, 0.05) is 6.08 Å². The van der Waals surface area contributed by atoms with Gasteiger partial charge in [-0.15, -0.1) is 0 Å². The van der Waals surface area contributed by atoms with Gasteiger partial charge in [-0.3, -0.25) is 13.5 Å². The summed E-state index contributed by atoms with van der Waals surface area (Å²) >= 11 is 0. The number of allylic oxidation sites excluding steroid dienone is 2. The number of amides is 1. The van der Waals surface area contributed by atoms with Crippen LogP contribution in [0.4, 0.5) is 0 Å². The van der Waals surface area contributed by atoms with Crippen molar-refractivity contribution in [2.45, 2.75) is 194 Å². The van der Waals surface area contributed by atoms with Gasteiger partial charge in [-0.05, 0) is 31.8 Å². The van der Waals surface area contributed by atoms with Crippen molar-refractivity contribution in [3.63, 3.8) is 0 Å². The molecule has 300 valence electrons. The molecule has 1 aliphatic heterocycles. The molecule has 0 spiro atoms. The summed E-state index contributed by atoms with van der Waals surface area (Å²) < 4.78 is 31.9. The van der Waals surface area contributed by atoms with Crippen molar-refractivity contribution in [3.8, 4) is 0 Å². The first-order chi connectivity index (χ1) is 24.7. The van der Waals surface area contributed by atoms with Crippen molar-refractivity contribution < 1.29 is 26.4 Å². The van der Waals surface area contributed by atoms with E-state index >= 15 is 0 Å². The van der Waals surface area contributed by atoms with Crippen molar-refractivity contribution in [2.75, 3.05) is 40.3 Å². The number of nitrogens with one attached hydrogen (secondary N) is 1. The Bertz CT molecular complexity index is 998. The molecule has 1 atom stereocenters. The molecule has 0 radical (unpaired) electrons. The zero-order valence-corrected chi connectivity index (χ0v) is 34.6. The molecular formula is C42H81N3O5S. The van der Waals surface area contributed by atoms with E-state index in [0.29, 0.717) is 6.54 Å². The number of hydrogen-bond acceptors (Lipinski definition) is 6. The van der Waals surface area contributed by atoms with Crippen LogP contribution in [-0.2, 0) is 19.4 Å². The topological polar surface area (TPSA) is 108 Å². The average molecular weight is 740 g/mol. The zero-order chi connectivity index (χ0) is 37.7. The predicted molar refractivity (Wildman–Crippen MR) is 217 cm³/mol. The van der Waals surface area contributed by atoms with Crippen LogP contribution < -0.4 is 5.32 Å². The number of likely N-dealkylation sites (N-methyl/N-ethyl adjacent to an activating group) is 1. The van der Waals surface area contributed by atoms with Crippen LogP contribution in [0, 0.1) is 0 Å². The van der Waals surface area contributed by atoms with Crippen molar-refractivity contribution in [1.82, 2.24) is 5.32 Å². The lowest BCUT2D eigenvalue weighted by Crippen LogP contribution is -2.50. The van der Waals surface area contributed by atoms with Gasteiger partial charge in [-0.25, -0.2) is 13.4 Å². The third kappa shape index (κ3) is 34.0. The average Bonchev–Trinajstić information content (AvgIpc) is 3.47. The Hall–Kier alpha value is -1.55. The van der Waals surface area contributed by atoms with Crippen molar-refractivity contribution >= 4 is 22.1 Å². The van der Waals surface area contributed by atoms with E-state index in [1.165, 1.54) is 173 Å². The molecule has 1 rings (SSSR count). The molecule has 0 aromatic heterocycles. The van der Waals surface area contributed by atoms with E-state index in [1.54, 1.807) is 6.08 Å². The Morgan fingerprint density at radius 2 is 1.08 bits per heavy atom. The van der Waals surface area contributed by atoms with Crippen LogP contribution in [-0.4, -0.2) is 69.5 Å². The summed E-state index contributed by atoms with van der Waals surface area (Å²) in [6, 6.07) is 0. The number of aliphatic imine (C=N–C) groups is 1. The number of amidine groups is 1. The molecule has 0 bridgehead atoms. The highest BCUT2D eigenvalue weighted by atomic mass is 32.3. The molecule has 1 unspecified atom stereocenters. The molecule has 8 nitrogen and oxygen atoms in total. The summed E-state index contributed by atoms with van der Waals surface area (Å²) in [5.74, 6) is 1.23. The Labute approximate surface area is 316 Å². The fourth-order valence-corrected chi connectivity index (χ4v) is 6.55. The highest BCUT2D eigenvalue weighted by Gasteiger charge is 2.31. The van der Waals surface area contributed by atoms with E-state index in [0.717, 1.165) is 44.1 Å². The van der Waals surface area contributed by atoms with Crippen LogP contribution in [0.5, 0.6) is 0 Å². The van der Waals surface area contributed by atoms with Crippen LogP contribution in [0.15, 0.2) is 29.3 Å². The Kier molecular flexibility index (Phi) is 34.4. The summed E-state index contributed by atoms with van der Waals surface area (Å²) in [5.41, 5.74) is 0. The fourth-order valence-electron chi connectivity index (χ4n) is 6.55. The van der Waals surface area contributed by atoms with E-state index in [1.807, 2.05) is 0 Å². The normalized spacial score (nSPS) is 16.1. The second kappa shape index (κ2) is 35.5. The molecule has 0 fully saturated rings. The second-order valence-electron chi connectivity index (χ2n) is 14.8. The van der Waals surface area contributed by atoms with E-state index in [-0.39, 0.29) is 5.91 Å². The lowest BCUT2D eigenvalue weighted by Gasteiger charge is -2.28. The number of carbonyl (C=O) groups is 1. The number of hydrogen-bond donors (Lipinski definition) is 1. The van der Waals surface area contributed by atoms with E-state index in [2.05, 4.69) is 48.6 Å². The fraction of sp³-hybridized carbons (Fsp3) is 0.857. The lowest BCUT2D eigenvalue weighted by molar-refractivity contribution is -0.811. The van der Waals surface area contributed by atoms with E-state index in [9.17, 15) is 17.8 Å². The number of quaternary nitrogens is 1. The predicted octanol–water partition coefficient (Wildman–Crippen LogP) is 11.1. The van der Waals surface area contributed by atoms with Crippen LogP contribution in [0.3, 0.4) is 0 Å².